The maximum Gasteiger partial charge on any atom is 0.310 e. The topological polar surface area (TPSA) is 75.0 Å². The predicted molar refractivity (Wildman–Crippen MR) is 80.7 cm³/mol. The average molecular weight is 313 g/mol. The van der Waals surface area contributed by atoms with Crippen molar-refractivity contribution in [1.29, 1.82) is 0 Å². The number of ether oxygens (including phenoxy) is 1. The molecule has 0 aliphatic carbocycles. The smallest absolute Gasteiger partial charge is 0.310 e. The standard InChI is InChI=1S/C13H13ClN2O3S/c1-19-5-6-20-10-4-2-3-8(11(10)14)9-7-15-16-13(18)12(9)17/h2-4,7H,5-6H2,1H3,(H,15,17)(H,16,18). The van der Waals surface area contributed by atoms with E-state index in [1.165, 1.54) is 18.0 Å². The van der Waals surface area contributed by atoms with Crippen molar-refractivity contribution in [3.05, 3.63) is 50.0 Å². The second-order valence-corrected chi connectivity index (χ2v) is 5.46. The van der Waals surface area contributed by atoms with Crippen LogP contribution in [-0.2, 0) is 4.74 Å². The molecule has 0 atom stereocenters. The molecule has 0 amide bonds. The Kier molecular flexibility index (Phi) is 5.05. The summed E-state index contributed by atoms with van der Waals surface area (Å²) in [5.74, 6) is 0.755. The molecule has 2 N–H and O–H groups in total. The van der Waals surface area contributed by atoms with E-state index in [9.17, 15) is 9.59 Å². The van der Waals surface area contributed by atoms with Gasteiger partial charge in [-0.2, -0.15) is 0 Å². The monoisotopic (exact) mass is 312 g/mol. The van der Waals surface area contributed by atoms with E-state index in [-0.39, 0.29) is 5.56 Å². The summed E-state index contributed by atoms with van der Waals surface area (Å²) < 4.78 is 4.99. The van der Waals surface area contributed by atoms with E-state index in [0.717, 1.165) is 10.6 Å². The van der Waals surface area contributed by atoms with Crippen LogP contribution in [0.4, 0.5) is 0 Å². The van der Waals surface area contributed by atoms with Crippen LogP contribution in [0.5, 0.6) is 0 Å². The number of benzene rings is 1. The number of hydrogen-bond acceptors (Lipinski definition) is 4. The van der Waals surface area contributed by atoms with Gasteiger partial charge in [0.25, 0.3) is 5.43 Å². The van der Waals surface area contributed by atoms with E-state index in [0.29, 0.717) is 17.2 Å². The summed E-state index contributed by atoms with van der Waals surface area (Å²) in [6.07, 6.45) is 1.44. The molecule has 2 aromatic rings. The quantitative estimate of drug-likeness (QED) is 0.504. The zero-order chi connectivity index (χ0) is 14.5. The summed E-state index contributed by atoms with van der Waals surface area (Å²) in [5, 5.41) is 5.24. The Morgan fingerprint density at radius 1 is 1.30 bits per heavy atom. The van der Waals surface area contributed by atoms with Gasteiger partial charge in [0.15, 0.2) is 0 Å². The summed E-state index contributed by atoms with van der Waals surface area (Å²) in [4.78, 5) is 24.0. The molecule has 0 bridgehead atoms. The third-order valence-electron chi connectivity index (χ3n) is 2.65. The summed E-state index contributed by atoms with van der Waals surface area (Å²) in [6, 6.07) is 5.39. The van der Waals surface area contributed by atoms with Crippen LogP contribution >= 0.6 is 23.4 Å². The Morgan fingerprint density at radius 3 is 2.85 bits per heavy atom. The molecule has 7 heteroatoms. The van der Waals surface area contributed by atoms with Crippen molar-refractivity contribution in [1.82, 2.24) is 10.2 Å². The van der Waals surface area contributed by atoms with E-state index in [4.69, 9.17) is 16.3 Å². The lowest BCUT2D eigenvalue weighted by molar-refractivity contribution is 0.218. The highest BCUT2D eigenvalue weighted by molar-refractivity contribution is 7.99. The van der Waals surface area contributed by atoms with Crippen LogP contribution in [0.3, 0.4) is 0 Å². The maximum atomic E-state index is 11.8. The number of aromatic amines is 2. The second kappa shape index (κ2) is 6.78. The lowest BCUT2D eigenvalue weighted by atomic mass is 10.1. The number of halogens is 1. The van der Waals surface area contributed by atoms with Gasteiger partial charge in [0.1, 0.15) is 0 Å². The fraction of sp³-hybridized carbons (Fsp3) is 0.231. The summed E-state index contributed by atoms with van der Waals surface area (Å²) >= 11 is 7.86. The van der Waals surface area contributed by atoms with Gasteiger partial charge in [-0.05, 0) is 6.07 Å². The first kappa shape index (κ1) is 14.9. The summed E-state index contributed by atoms with van der Waals surface area (Å²) in [6.45, 7) is 0.608. The van der Waals surface area contributed by atoms with Crippen LogP contribution < -0.4 is 11.0 Å². The van der Waals surface area contributed by atoms with Crippen LogP contribution in [0.15, 0.2) is 38.9 Å². The van der Waals surface area contributed by atoms with Crippen molar-refractivity contribution >= 4 is 23.4 Å². The van der Waals surface area contributed by atoms with Gasteiger partial charge in [-0.15, -0.1) is 11.8 Å². The minimum absolute atomic E-state index is 0.257. The molecular weight excluding hydrogens is 300 g/mol. The van der Waals surface area contributed by atoms with Crippen molar-refractivity contribution in [2.45, 2.75) is 4.90 Å². The number of rotatable bonds is 5. The van der Waals surface area contributed by atoms with E-state index >= 15 is 0 Å². The summed E-state index contributed by atoms with van der Waals surface area (Å²) in [7, 11) is 1.63. The molecule has 1 heterocycles. The number of hydrogen-bond donors (Lipinski definition) is 2. The van der Waals surface area contributed by atoms with Gasteiger partial charge in [-0.3, -0.25) is 14.7 Å². The molecule has 0 fully saturated rings. The van der Waals surface area contributed by atoms with Crippen LogP contribution in [-0.4, -0.2) is 29.7 Å². The lowest BCUT2D eigenvalue weighted by Crippen LogP contribution is -2.28. The van der Waals surface area contributed by atoms with Crippen LogP contribution in [0.1, 0.15) is 0 Å². The molecule has 0 aliphatic heterocycles. The van der Waals surface area contributed by atoms with Crippen molar-refractivity contribution in [3.8, 4) is 11.1 Å². The SMILES string of the molecule is COCCSc1cccc(-c2c[nH][nH]c(=O)c2=O)c1Cl. The normalized spacial score (nSPS) is 10.7. The van der Waals surface area contributed by atoms with E-state index in [1.807, 2.05) is 6.07 Å². The van der Waals surface area contributed by atoms with Gasteiger partial charge >= 0.3 is 5.56 Å². The van der Waals surface area contributed by atoms with Gasteiger partial charge in [0, 0.05) is 29.5 Å². The number of nitrogens with one attached hydrogen (secondary N) is 2. The van der Waals surface area contributed by atoms with E-state index in [1.54, 1.807) is 19.2 Å². The Labute approximate surface area is 124 Å². The Bertz CT molecular complexity index is 711. The van der Waals surface area contributed by atoms with Gasteiger partial charge in [-0.1, -0.05) is 23.7 Å². The van der Waals surface area contributed by atoms with Gasteiger partial charge < -0.3 is 9.84 Å². The number of H-pyrrole nitrogens is 2. The highest BCUT2D eigenvalue weighted by atomic mass is 35.5. The molecule has 1 aromatic carbocycles. The zero-order valence-corrected chi connectivity index (χ0v) is 12.3. The van der Waals surface area contributed by atoms with Crippen LogP contribution in [0.2, 0.25) is 5.02 Å². The third kappa shape index (κ3) is 3.15. The van der Waals surface area contributed by atoms with Gasteiger partial charge in [0.05, 0.1) is 17.2 Å². The van der Waals surface area contributed by atoms with Gasteiger partial charge in [-0.25, -0.2) is 0 Å². The molecule has 0 unspecified atom stereocenters. The molecule has 5 nitrogen and oxygen atoms in total. The van der Waals surface area contributed by atoms with Crippen LogP contribution in [0.25, 0.3) is 11.1 Å². The molecule has 106 valence electrons. The fourth-order valence-corrected chi connectivity index (χ4v) is 2.96. The molecule has 0 saturated carbocycles. The highest BCUT2D eigenvalue weighted by Gasteiger charge is 2.12. The molecule has 0 aliphatic rings. The molecule has 0 spiro atoms. The first-order valence-electron chi connectivity index (χ1n) is 5.86. The fourth-order valence-electron chi connectivity index (χ4n) is 1.68. The second-order valence-electron chi connectivity index (χ2n) is 3.94. The molecule has 1 aromatic heterocycles. The molecule has 2 rings (SSSR count). The molecular formula is C13H13ClN2O3S. The first-order valence-corrected chi connectivity index (χ1v) is 7.22. The predicted octanol–water partition coefficient (Wildman–Crippen LogP) is 2.12. The summed E-state index contributed by atoms with van der Waals surface area (Å²) in [5.41, 5.74) is -0.505. The van der Waals surface area contributed by atoms with Crippen molar-refractivity contribution < 1.29 is 4.74 Å². The number of thioether (sulfide) groups is 1. The Hall–Kier alpha value is -1.50. The number of aromatic nitrogens is 2. The third-order valence-corrected chi connectivity index (χ3v) is 4.19. The zero-order valence-electron chi connectivity index (χ0n) is 10.7. The minimum Gasteiger partial charge on any atom is -0.384 e. The van der Waals surface area contributed by atoms with Crippen molar-refractivity contribution in [2.24, 2.45) is 0 Å². The van der Waals surface area contributed by atoms with Crippen molar-refractivity contribution in [2.75, 3.05) is 19.5 Å². The first-order chi connectivity index (χ1) is 9.65. The largest absolute Gasteiger partial charge is 0.384 e. The van der Waals surface area contributed by atoms with Crippen LogP contribution in [0, 0.1) is 0 Å². The Balaban J connectivity index is 2.43. The molecule has 0 saturated heterocycles. The molecule has 20 heavy (non-hydrogen) atoms. The van der Waals surface area contributed by atoms with Gasteiger partial charge in [0.2, 0.25) is 0 Å². The van der Waals surface area contributed by atoms with Crippen molar-refractivity contribution in [3.63, 3.8) is 0 Å². The Morgan fingerprint density at radius 2 is 2.10 bits per heavy atom. The van der Waals surface area contributed by atoms with E-state index in [2.05, 4.69) is 10.2 Å². The lowest BCUT2D eigenvalue weighted by Gasteiger charge is -2.08. The maximum absolute atomic E-state index is 11.8. The molecule has 0 radical (unpaired) electrons. The number of methoxy groups -OCH3 is 1. The van der Waals surface area contributed by atoms with E-state index < -0.39 is 11.0 Å². The average Bonchev–Trinajstić information content (AvgIpc) is 2.44. The minimum atomic E-state index is -0.698. The highest BCUT2D eigenvalue weighted by Crippen LogP contribution is 2.34.